The molecule has 7 nitrogen and oxygen atoms in total. The van der Waals surface area contributed by atoms with Gasteiger partial charge in [-0.25, -0.2) is 4.98 Å². The van der Waals surface area contributed by atoms with Crippen LogP contribution in [0.2, 0.25) is 0 Å². The molecule has 10 heteroatoms. The van der Waals surface area contributed by atoms with Crippen molar-refractivity contribution in [2.24, 2.45) is 16.5 Å². The Bertz CT molecular complexity index is 997. The average Bonchev–Trinajstić information content (AvgIpc) is 2.76. The van der Waals surface area contributed by atoms with Crippen LogP contribution in [0.25, 0.3) is 11.3 Å². The number of rotatable bonds is 3. The molecule has 3 heterocycles. The van der Waals surface area contributed by atoms with E-state index in [4.69, 9.17) is 11.5 Å². The maximum Gasteiger partial charge on any atom is 0.417 e. The average molecular weight is 433 g/mol. The molecule has 4 rings (SSSR count). The first kappa shape index (κ1) is 21.4. The molecule has 4 N–H and O–H groups in total. The molecule has 2 aliphatic rings. The number of hydrogen-bond donors (Lipinski definition) is 2. The van der Waals surface area contributed by atoms with Crippen molar-refractivity contribution in [3.05, 3.63) is 41.5 Å². The van der Waals surface area contributed by atoms with Crippen LogP contribution in [0.4, 0.5) is 24.7 Å². The van der Waals surface area contributed by atoms with E-state index in [-0.39, 0.29) is 23.0 Å². The summed E-state index contributed by atoms with van der Waals surface area (Å²) in [6, 6.07) is 7.54. The highest BCUT2D eigenvalue weighted by molar-refractivity contribution is 5.85. The molecule has 0 radical (unpaired) electrons. The van der Waals surface area contributed by atoms with Crippen molar-refractivity contribution >= 4 is 17.5 Å². The van der Waals surface area contributed by atoms with Gasteiger partial charge in [0.25, 0.3) is 0 Å². The van der Waals surface area contributed by atoms with Gasteiger partial charge in [-0.15, -0.1) is 0 Å². The lowest BCUT2D eigenvalue weighted by Gasteiger charge is -2.37. The van der Waals surface area contributed by atoms with Crippen LogP contribution in [0, 0.1) is 0 Å². The Hall–Kier alpha value is -2.85. The second-order valence-electron chi connectivity index (χ2n) is 7.75. The van der Waals surface area contributed by atoms with Gasteiger partial charge in [-0.05, 0) is 30.8 Å². The van der Waals surface area contributed by atoms with E-state index in [9.17, 15) is 13.2 Å². The van der Waals surface area contributed by atoms with Crippen molar-refractivity contribution in [3.8, 4) is 11.3 Å². The zero-order valence-corrected chi connectivity index (χ0v) is 17.5. The van der Waals surface area contributed by atoms with E-state index in [1.54, 1.807) is 30.1 Å². The number of fused-ring (bicyclic) bond motifs is 1. The molecule has 2 aliphatic heterocycles. The summed E-state index contributed by atoms with van der Waals surface area (Å²) >= 11 is 0. The van der Waals surface area contributed by atoms with Gasteiger partial charge >= 0.3 is 6.18 Å². The molecule has 1 aromatic carbocycles. The topological polar surface area (TPSA) is 87.0 Å². The number of nitrogens with zero attached hydrogens (tertiary/aromatic N) is 5. The lowest BCUT2D eigenvalue weighted by atomic mass is 9.98. The highest BCUT2D eigenvalue weighted by Crippen LogP contribution is 2.43. The predicted molar refractivity (Wildman–Crippen MR) is 115 cm³/mol. The minimum Gasteiger partial charge on any atom is -0.369 e. The Kier molecular flexibility index (Phi) is 5.52. The van der Waals surface area contributed by atoms with Crippen molar-refractivity contribution in [1.82, 2.24) is 14.8 Å². The number of nitrogens with two attached hydrogens (primary N) is 2. The van der Waals surface area contributed by atoms with Crippen molar-refractivity contribution in [3.63, 3.8) is 0 Å². The summed E-state index contributed by atoms with van der Waals surface area (Å²) in [4.78, 5) is 14.6. The van der Waals surface area contributed by atoms with Crippen LogP contribution in [0.1, 0.15) is 24.2 Å². The van der Waals surface area contributed by atoms with Gasteiger partial charge in [0.1, 0.15) is 6.17 Å². The summed E-state index contributed by atoms with van der Waals surface area (Å²) in [5, 5.41) is 0. The minimum atomic E-state index is -4.52. The number of anilines is 1. The fourth-order valence-electron chi connectivity index (χ4n) is 4.07. The highest BCUT2D eigenvalue weighted by Gasteiger charge is 2.36. The number of piperazine rings is 1. The Labute approximate surface area is 179 Å². The second-order valence-corrected chi connectivity index (χ2v) is 7.75. The SMILES string of the molecule is CCN1CCN(c2cccc(C(F)(F)F)c2-c2ccc3c(n2)N=C(N)N(C)C3N)CC1. The number of guanidine groups is 1. The predicted octanol–water partition coefficient (Wildman–Crippen LogP) is 2.76. The number of alkyl halides is 3. The Morgan fingerprint density at radius 1 is 1.10 bits per heavy atom. The van der Waals surface area contributed by atoms with Gasteiger partial charge in [0.2, 0.25) is 0 Å². The molecular formula is C21H26F3N7. The molecule has 1 saturated heterocycles. The molecule has 1 aromatic heterocycles. The molecule has 1 fully saturated rings. The van der Waals surface area contributed by atoms with E-state index < -0.39 is 17.9 Å². The van der Waals surface area contributed by atoms with Crippen LogP contribution in [0.3, 0.4) is 0 Å². The quantitative estimate of drug-likeness (QED) is 0.774. The fourth-order valence-corrected chi connectivity index (χ4v) is 4.07. The molecule has 0 amide bonds. The lowest BCUT2D eigenvalue weighted by Crippen LogP contribution is -2.46. The second kappa shape index (κ2) is 8.01. The molecular weight excluding hydrogens is 407 g/mol. The molecule has 0 spiro atoms. The van der Waals surface area contributed by atoms with Crippen LogP contribution in [-0.2, 0) is 6.18 Å². The van der Waals surface area contributed by atoms with Gasteiger partial charge in [-0.1, -0.05) is 13.0 Å². The first-order valence-electron chi connectivity index (χ1n) is 10.2. The maximum absolute atomic E-state index is 14.0. The van der Waals surface area contributed by atoms with Crippen LogP contribution in [0.15, 0.2) is 35.3 Å². The largest absolute Gasteiger partial charge is 0.417 e. The van der Waals surface area contributed by atoms with Gasteiger partial charge in [0, 0.05) is 50.0 Å². The highest BCUT2D eigenvalue weighted by atomic mass is 19.4. The third-order valence-corrected chi connectivity index (χ3v) is 5.99. The Morgan fingerprint density at radius 2 is 1.81 bits per heavy atom. The normalized spacial score (nSPS) is 19.9. The number of hydrogen-bond acceptors (Lipinski definition) is 7. The van der Waals surface area contributed by atoms with Crippen LogP contribution in [0.5, 0.6) is 0 Å². The van der Waals surface area contributed by atoms with E-state index in [0.29, 0.717) is 24.3 Å². The number of benzene rings is 1. The Balaban J connectivity index is 1.84. The minimum absolute atomic E-state index is 0.0593. The summed E-state index contributed by atoms with van der Waals surface area (Å²) in [6.07, 6.45) is -5.08. The third kappa shape index (κ3) is 3.92. The van der Waals surface area contributed by atoms with Crippen LogP contribution in [-0.4, -0.2) is 60.5 Å². The number of pyridine rings is 1. The Morgan fingerprint density at radius 3 is 2.45 bits per heavy atom. The third-order valence-electron chi connectivity index (χ3n) is 5.99. The molecule has 0 aliphatic carbocycles. The summed E-state index contributed by atoms with van der Waals surface area (Å²) in [5.74, 6) is 0.420. The van der Waals surface area contributed by atoms with Crippen molar-refractivity contribution in [2.45, 2.75) is 19.3 Å². The van der Waals surface area contributed by atoms with E-state index in [0.717, 1.165) is 25.7 Å². The van der Waals surface area contributed by atoms with Gasteiger partial charge in [-0.2, -0.15) is 18.2 Å². The molecule has 2 aromatic rings. The molecule has 1 unspecified atom stereocenters. The van der Waals surface area contributed by atoms with Gasteiger partial charge < -0.3 is 26.2 Å². The fraction of sp³-hybridized carbons (Fsp3) is 0.429. The summed E-state index contributed by atoms with van der Waals surface area (Å²) in [7, 11) is 1.70. The number of aromatic nitrogens is 1. The first-order valence-corrected chi connectivity index (χ1v) is 10.2. The van der Waals surface area contributed by atoms with E-state index >= 15 is 0 Å². The zero-order chi connectivity index (χ0) is 22.3. The summed E-state index contributed by atoms with van der Waals surface area (Å²) in [5.41, 5.74) is 12.8. The van der Waals surface area contributed by atoms with Crippen molar-refractivity contribution in [2.75, 3.05) is 44.7 Å². The van der Waals surface area contributed by atoms with Crippen LogP contribution < -0.4 is 16.4 Å². The number of aliphatic imine (C=N–C) groups is 1. The maximum atomic E-state index is 14.0. The number of likely N-dealkylation sites (N-methyl/N-ethyl adjacent to an activating group) is 1. The van der Waals surface area contributed by atoms with E-state index in [2.05, 4.69) is 21.8 Å². The smallest absolute Gasteiger partial charge is 0.369 e. The van der Waals surface area contributed by atoms with Gasteiger partial charge in [0.05, 0.1) is 11.3 Å². The molecule has 0 bridgehead atoms. The van der Waals surface area contributed by atoms with Gasteiger partial charge in [-0.3, -0.25) is 0 Å². The molecule has 31 heavy (non-hydrogen) atoms. The van der Waals surface area contributed by atoms with Crippen molar-refractivity contribution in [1.29, 1.82) is 0 Å². The summed E-state index contributed by atoms with van der Waals surface area (Å²) in [6.45, 7) is 5.89. The molecule has 0 saturated carbocycles. The van der Waals surface area contributed by atoms with Crippen LogP contribution >= 0.6 is 0 Å². The first-order chi connectivity index (χ1) is 14.7. The summed E-state index contributed by atoms with van der Waals surface area (Å²) < 4.78 is 42.0. The molecule has 1 atom stereocenters. The zero-order valence-electron chi connectivity index (χ0n) is 17.5. The lowest BCUT2D eigenvalue weighted by molar-refractivity contribution is -0.137. The molecule has 166 valence electrons. The van der Waals surface area contributed by atoms with E-state index in [1.807, 2.05) is 4.90 Å². The van der Waals surface area contributed by atoms with Crippen molar-refractivity contribution < 1.29 is 13.2 Å². The van der Waals surface area contributed by atoms with E-state index in [1.165, 1.54) is 6.07 Å². The van der Waals surface area contributed by atoms with Gasteiger partial charge in [0.15, 0.2) is 11.8 Å². The number of halogens is 3. The standard InChI is InChI=1S/C21H26F3N7/c1-3-30-9-11-31(12-10-30)16-6-4-5-14(21(22,23)24)17(16)15-8-7-13-18(25)29(2)20(26)28-19(13)27-15/h4-8,18H,3,9-12,25H2,1-2H3,(H2,26,27,28). The monoisotopic (exact) mass is 433 g/mol.